The molecular formula is C13H10ClN3O. The van der Waals surface area contributed by atoms with Gasteiger partial charge in [0.15, 0.2) is 0 Å². The monoisotopic (exact) mass is 259 g/mol. The summed E-state index contributed by atoms with van der Waals surface area (Å²) in [5, 5.41) is 21.3. The van der Waals surface area contributed by atoms with E-state index in [1.807, 2.05) is 6.07 Å². The summed E-state index contributed by atoms with van der Waals surface area (Å²) in [6.45, 7) is 0.540. The summed E-state index contributed by atoms with van der Waals surface area (Å²) in [6.07, 6.45) is 0. The highest BCUT2D eigenvalue weighted by molar-refractivity contribution is 6.29. The first-order valence-electron chi connectivity index (χ1n) is 5.27. The van der Waals surface area contributed by atoms with Crippen molar-refractivity contribution in [3.05, 3.63) is 52.7 Å². The van der Waals surface area contributed by atoms with Crippen LogP contribution < -0.4 is 5.32 Å². The Hall–Kier alpha value is -2.25. The standard InChI is InChI=1S/C13H10ClN3O/c14-12-5-10(7-15)6-13(17-12)16-8-9-1-3-11(18)4-2-9/h1-6,18H,8H2,(H,16,17). The Morgan fingerprint density at radius 3 is 2.67 bits per heavy atom. The second-order valence-electron chi connectivity index (χ2n) is 3.70. The number of aromatic hydroxyl groups is 1. The van der Waals surface area contributed by atoms with Gasteiger partial charge in [0, 0.05) is 6.54 Å². The number of benzene rings is 1. The number of hydrogen-bond donors (Lipinski definition) is 2. The molecule has 0 spiro atoms. The first-order chi connectivity index (χ1) is 8.67. The Bertz CT molecular complexity index is 590. The fraction of sp³-hybridized carbons (Fsp3) is 0.0769. The number of nitriles is 1. The highest BCUT2D eigenvalue weighted by atomic mass is 35.5. The van der Waals surface area contributed by atoms with Crippen molar-refractivity contribution in [2.45, 2.75) is 6.54 Å². The topological polar surface area (TPSA) is 68.9 Å². The van der Waals surface area contributed by atoms with E-state index in [4.69, 9.17) is 22.0 Å². The maximum absolute atomic E-state index is 9.16. The fourth-order valence-electron chi connectivity index (χ4n) is 1.46. The van der Waals surface area contributed by atoms with Crippen molar-refractivity contribution in [2.75, 3.05) is 5.32 Å². The lowest BCUT2D eigenvalue weighted by Gasteiger charge is -2.06. The summed E-state index contributed by atoms with van der Waals surface area (Å²) in [7, 11) is 0. The van der Waals surface area contributed by atoms with Crippen LogP contribution in [0.3, 0.4) is 0 Å². The van der Waals surface area contributed by atoms with Crippen molar-refractivity contribution in [1.82, 2.24) is 4.98 Å². The third kappa shape index (κ3) is 3.12. The third-order valence-corrected chi connectivity index (χ3v) is 2.53. The van der Waals surface area contributed by atoms with Crippen LogP contribution in [-0.2, 0) is 6.54 Å². The number of phenols is 1. The van der Waals surface area contributed by atoms with Crippen LogP contribution in [0.4, 0.5) is 5.82 Å². The quantitative estimate of drug-likeness (QED) is 0.832. The van der Waals surface area contributed by atoms with E-state index < -0.39 is 0 Å². The molecule has 2 aromatic rings. The molecule has 0 radical (unpaired) electrons. The Morgan fingerprint density at radius 1 is 1.28 bits per heavy atom. The first kappa shape index (κ1) is 12.2. The lowest BCUT2D eigenvalue weighted by atomic mass is 10.2. The van der Waals surface area contributed by atoms with E-state index in [-0.39, 0.29) is 10.9 Å². The van der Waals surface area contributed by atoms with Crippen molar-refractivity contribution in [1.29, 1.82) is 5.26 Å². The van der Waals surface area contributed by atoms with Crippen molar-refractivity contribution in [3.8, 4) is 11.8 Å². The number of hydrogen-bond acceptors (Lipinski definition) is 4. The van der Waals surface area contributed by atoms with E-state index in [9.17, 15) is 0 Å². The Labute approximate surface area is 109 Å². The molecule has 1 aromatic heterocycles. The zero-order valence-corrected chi connectivity index (χ0v) is 10.1. The minimum absolute atomic E-state index is 0.228. The van der Waals surface area contributed by atoms with E-state index in [0.717, 1.165) is 5.56 Å². The van der Waals surface area contributed by atoms with Crippen LogP contribution in [0.1, 0.15) is 11.1 Å². The predicted molar refractivity (Wildman–Crippen MR) is 69.4 cm³/mol. The maximum Gasteiger partial charge on any atom is 0.132 e. The van der Waals surface area contributed by atoms with Gasteiger partial charge in [-0.2, -0.15) is 5.26 Å². The second kappa shape index (κ2) is 5.39. The molecule has 1 heterocycles. The molecule has 4 nitrogen and oxygen atoms in total. The number of halogens is 1. The minimum Gasteiger partial charge on any atom is -0.508 e. The van der Waals surface area contributed by atoms with Gasteiger partial charge in [0.25, 0.3) is 0 Å². The molecule has 0 saturated heterocycles. The summed E-state index contributed by atoms with van der Waals surface area (Å²) >= 11 is 5.80. The van der Waals surface area contributed by atoms with Crippen molar-refractivity contribution in [2.24, 2.45) is 0 Å². The van der Waals surface area contributed by atoms with Crippen LogP contribution in [0.25, 0.3) is 0 Å². The third-order valence-electron chi connectivity index (χ3n) is 2.33. The molecule has 18 heavy (non-hydrogen) atoms. The fourth-order valence-corrected chi connectivity index (χ4v) is 1.67. The average Bonchev–Trinajstić information content (AvgIpc) is 2.37. The average molecular weight is 260 g/mol. The lowest BCUT2D eigenvalue weighted by molar-refractivity contribution is 0.475. The van der Waals surface area contributed by atoms with Gasteiger partial charge in [0.2, 0.25) is 0 Å². The molecule has 0 bridgehead atoms. The van der Waals surface area contributed by atoms with Gasteiger partial charge in [-0.25, -0.2) is 4.98 Å². The molecule has 0 atom stereocenters. The van der Waals surface area contributed by atoms with Gasteiger partial charge in [-0.1, -0.05) is 23.7 Å². The molecule has 0 saturated carbocycles. The van der Waals surface area contributed by atoms with E-state index >= 15 is 0 Å². The highest BCUT2D eigenvalue weighted by Crippen LogP contribution is 2.15. The Morgan fingerprint density at radius 2 is 2.00 bits per heavy atom. The molecule has 2 N–H and O–H groups in total. The molecule has 2 rings (SSSR count). The van der Waals surface area contributed by atoms with Crippen LogP contribution >= 0.6 is 11.6 Å². The van der Waals surface area contributed by atoms with Crippen LogP contribution in [0, 0.1) is 11.3 Å². The molecule has 0 aliphatic rings. The lowest BCUT2D eigenvalue weighted by Crippen LogP contribution is -2.01. The van der Waals surface area contributed by atoms with Crippen molar-refractivity contribution < 1.29 is 5.11 Å². The summed E-state index contributed by atoms with van der Waals surface area (Å²) in [5.41, 5.74) is 1.45. The molecule has 0 unspecified atom stereocenters. The summed E-state index contributed by atoms with van der Waals surface area (Å²) in [4.78, 5) is 4.07. The smallest absolute Gasteiger partial charge is 0.132 e. The van der Waals surface area contributed by atoms with E-state index in [0.29, 0.717) is 17.9 Å². The van der Waals surface area contributed by atoms with E-state index in [1.54, 1.807) is 30.3 Å². The summed E-state index contributed by atoms with van der Waals surface area (Å²) < 4.78 is 0. The summed E-state index contributed by atoms with van der Waals surface area (Å²) in [5.74, 6) is 0.776. The molecule has 5 heteroatoms. The predicted octanol–water partition coefficient (Wildman–Crippen LogP) is 2.92. The molecular weight excluding hydrogens is 250 g/mol. The number of aromatic nitrogens is 1. The van der Waals surface area contributed by atoms with Gasteiger partial charge in [0.05, 0.1) is 11.6 Å². The number of phenolic OH excluding ortho intramolecular Hbond substituents is 1. The first-order valence-corrected chi connectivity index (χ1v) is 5.64. The molecule has 1 aromatic carbocycles. The highest BCUT2D eigenvalue weighted by Gasteiger charge is 2.01. The van der Waals surface area contributed by atoms with Crippen LogP contribution in [0.5, 0.6) is 5.75 Å². The molecule has 90 valence electrons. The number of rotatable bonds is 3. The minimum atomic E-state index is 0.228. The second-order valence-corrected chi connectivity index (χ2v) is 4.08. The van der Waals surface area contributed by atoms with Gasteiger partial charge < -0.3 is 10.4 Å². The number of pyridine rings is 1. The van der Waals surface area contributed by atoms with Crippen LogP contribution in [0.2, 0.25) is 5.15 Å². The molecule has 0 amide bonds. The SMILES string of the molecule is N#Cc1cc(Cl)nc(NCc2ccc(O)cc2)c1. The Balaban J connectivity index is 2.08. The van der Waals surface area contributed by atoms with Crippen LogP contribution in [-0.4, -0.2) is 10.1 Å². The summed E-state index contributed by atoms with van der Waals surface area (Å²) in [6, 6.07) is 12.0. The van der Waals surface area contributed by atoms with Gasteiger partial charge >= 0.3 is 0 Å². The molecule has 0 aliphatic carbocycles. The molecule has 0 aliphatic heterocycles. The number of nitrogens with one attached hydrogen (secondary N) is 1. The van der Waals surface area contributed by atoms with Gasteiger partial charge in [0.1, 0.15) is 16.7 Å². The zero-order valence-electron chi connectivity index (χ0n) is 9.39. The van der Waals surface area contributed by atoms with E-state index in [2.05, 4.69) is 10.3 Å². The zero-order chi connectivity index (χ0) is 13.0. The van der Waals surface area contributed by atoms with Gasteiger partial charge in [-0.05, 0) is 29.8 Å². The maximum atomic E-state index is 9.16. The Kier molecular flexibility index (Phi) is 3.66. The van der Waals surface area contributed by atoms with Crippen molar-refractivity contribution in [3.63, 3.8) is 0 Å². The number of anilines is 1. The van der Waals surface area contributed by atoms with Gasteiger partial charge in [-0.3, -0.25) is 0 Å². The normalized spacial score (nSPS) is 9.78. The number of nitrogens with zero attached hydrogens (tertiary/aromatic N) is 2. The van der Waals surface area contributed by atoms with E-state index in [1.165, 1.54) is 6.07 Å². The molecule has 0 fully saturated rings. The van der Waals surface area contributed by atoms with Gasteiger partial charge in [-0.15, -0.1) is 0 Å². The van der Waals surface area contributed by atoms with Crippen molar-refractivity contribution >= 4 is 17.4 Å². The van der Waals surface area contributed by atoms with Crippen LogP contribution in [0.15, 0.2) is 36.4 Å². The largest absolute Gasteiger partial charge is 0.508 e.